The molecular weight excluding hydrogens is 201 g/mol. The van der Waals surface area contributed by atoms with Crippen LogP contribution in [0.1, 0.15) is 22.8 Å². The molecule has 4 nitrogen and oxygen atoms in total. The molecule has 0 radical (unpaired) electrons. The molecule has 0 saturated carbocycles. The van der Waals surface area contributed by atoms with Gasteiger partial charge in [0, 0.05) is 0 Å². The summed E-state index contributed by atoms with van der Waals surface area (Å²) in [5, 5.41) is 18.5. The maximum Gasteiger partial charge on any atom is 0.207 e. The van der Waals surface area contributed by atoms with Crippen molar-refractivity contribution >= 4 is 5.78 Å². The molecule has 5 heteroatoms. The monoisotopic (exact) mass is 213 g/mol. The standard InChI is InChI=1S/C10H12FNO3/c1-4-3-6(9(14)5(2)12)10(15)7(11)8(4)13/h3,5,13,15H,12H2,1-2H3. The highest BCUT2D eigenvalue weighted by Crippen LogP contribution is 2.32. The summed E-state index contributed by atoms with van der Waals surface area (Å²) in [6, 6.07) is 0.374. The van der Waals surface area contributed by atoms with E-state index in [1.165, 1.54) is 19.9 Å². The molecule has 4 N–H and O–H groups in total. The summed E-state index contributed by atoms with van der Waals surface area (Å²) in [7, 11) is 0. The van der Waals surface area contributed by atoms with E-state index in [2.05, 4.69) is 0 Å². The van der Waals surface area contributed by atoms with E-state index in [1.807, 2.05) is 0 Å². The average Bonchev–Trinajstić information content (AvgIpc) is 2.19. The average molecular weight is 213 g/mol. The highest BCUT2D eigenvalue weighted by Gasteiger charge is 2.21. The lowest BCUT2D eigenvalue weighted by atomic mass is 10.0. The first kappa shape index (κ1) is 11.5. The minimum atomic E-state index is -1.20. The first-order valence-corrected chi connectivity index (χ1v) is 4.37. The summed E-state index contributed by atoms with van der Waals surface area (Å²) in [5.74, 6) is -3.29. The highest BCUT2D eigenvalue weighted by atomic mass is 19.1. The van der Waals surface area contributed by atoms with Crippen LogP contribution in [0.4, 0.5) is 4.39 Å². The number of aromatic hydroxyl groups is 2. The van der Waals surface area contributed by atoms with E-state index in [0.29, 0.717) is 0 Å². The molecule has 1 aromatic carbocycles. The van der Waals surface area contributed by atoms with Crippen molar-refractivity contribution in [3.05, 3.63) is 23.0 Å². The third-order valence-corrected chi connectivity index (χ3v) is 2.08. The second-order valence-electron chi connectivity index (χ2n) is 3.41. The fourth-order valence-electron chi connectivity index (χ4n) is 1.19. The summed E-state index contributed by atoms with van der Waals surface area (Å²) in [6.07, 6.45) is 0. The maximum absolute atomic E-state index is 13.2. The Labute approximate surface area is 86.1 Å². The lowest BCUT2D eigenvalue weighted by Gasteiger charge is -2.10. The molecule has 0 aromatic heterocycles. The smallest absolute Gasteiger partial charge is 0.207 e. The predicted octanol–water partition coefficient (Wildman–Crippen LogP) is 1.08. The van der Waals surface area contributed by atoms with Crippen LogP contribution in [0.25, 0.3) is 0 Å². The molecule has 82 valence electrons. The molecule has 0 aliphatic heterocycles. The number of Topliss-reactive ketones (excluding diaryl/α,β-unsaturated/α-hetero) is 1. The number of benzene rings is 1. The second-order valence-corrected chi connectivity index (χ2v) is 3.41. The van der Waals surface area contributed by atoms with Crippen LogP contribution in [0.2, 0.25) is 0 Å². The zero-order chi connectivity index (χ0) is 11.7. The third kappa shape index (κ3) is 1.92. The second kappa shape index (κ2) is 3.86. The van der Waals surface area contributed by atoms with E-state index in [9.17, 15) is 14.3 Å². The van der Waals surface area contributed by atoms with E-state index >= 15 is 0 Å². The van der Waals surface area contributed by atoms with Gasteiger partial charge in [0.25, 0.3) is 0 Å². The number of phenolic OH excluding ortho intramolecular Hbond substituents is 2. The van der Waals surface area contributed by atoms with Gasteiger partial charge in [-0.05, 0) is 25.5 Å². The Balaban J connectivity index is 3.39. The van der Waals surface area contributed by atoms with E-state index < -0.39 is 29.1 Å². The van der Waals surface area contributed by atoms with Crippen molar-refractivity contribution in [2.45, 2.75) is 19.9 Å². The van der Waals surface area contributed by atoms with Gasteiger partial charge in [-0.25, -0.2) is 0 Å². The van der Waals surface area contributed by atoms with Crippen molar-refractivity contribution in [3.8, 4) is 11.5 Å². The molecule has 0 aliphatic carbocycles. The van der Waals surface area contributed by atoms with Gasteiger partial charge in [-0.3, -0.25) is 4.79 Å². The van der Waals surface area contributed by atoms with Crippen molar-refractivity contribution in [3.63, 3.8) is 0 Å². The van der Waals surface area contributed by atoms with Gasteiger partial charge in [-0.2, -0.15) is 4.39 Å². The van der Waals surface area contributed by atoms with Gasteiger partial charge in [0.1, 0.15) is 0 Å². The first-order valence-electron chi connectivity index (χ1n) is 4.37. The molecule has 15 heavy (non-hydrogen) atoms. The van der Waals surface area contributed by atoms with Crippen molar-refractivity contribution in [2.24, 2.45) is 5.73 Å². The number of halogens is 1. The molecule has 1 aromatic rings. The Morgan fingerprint density at radius 2 is 2.00 bits per heavy atom. The van der Waals surface area contributed by atoms with E-state index in [0.717, 1.165) is 0 Å². The Morgan fingerprint density at radius 3 is 2.47 bits per heavy atom. The Bertz CT molecular complexity index is 416. The fourth-order valence-corrected chi connectivity index (χ4v) is 1.19. The topological polar surface area (TPSA) is 83.6 Å². The van der Waals surface area contributed by atoms with Crippen molar-refractivity contribution < 1.29 is 19.4 Å². The van der Waals surface area contributed by atoms with E-state index in [1.54, 1.807) is 0 Å². The molecule has 1 unspecified atom stereocenters. The van der Waals surface area contributed by atoms with Crippen LogP contribution >= 0.6 is 0 Å². The van der Waals surface area contributed by atoms with Crippen LogP contribution in [0.15, 0.2) is 6.07 Å². The Kier molecular flexibility index (Phi) is 2.95. The van der Waals surface area contributed by atoms with Crippen LogP contribution in [0.3, 0.4) is 0 Å². The lowest BCUT2D eigenvalue weighted by Crippen LogP contribution is -2.26. The molecule has 0 heterocycles. The quantitative estimate of drug-likeness (QED) is 0.642. The summed E-state index contributed by atoms with van der Waals surface area (Å²) >= 11 is 0. The van der Waals surface area contributed by atoms with Crippen molar-refractivity contribution in [2.75, 3.05) is 0 Å². The molecule has 0 fully saturated rings. The molecule has 1 rings (SSSR count). The largest absolute Gasteiger partial charge is 0.505 e. The molecule has 0 amide bonds. The molecule has 0 aliphatic rings. The Morgan fingerprint density at radius 1 is 1.47 bits per heavy atom. The maximum atomic E-state index is 13.2. The molecule has 0 spiro atoms. The van der Waals surface area contributed by atoms with Gasteiger partial charge in [0.05, 0.1) is 11.6 Å². The lowest BCUT2D eigenvalue weighted by molar-refractivity contribution is 0.0964. The van der Waals surface area contributed by atoms with Crippen molar-refractivity contribution in [1.82, 2.24) is 0 Å². The SMILES string of the molecule is Cc1cc(C(=O)C(C)N)c(O)c(F)c1O. The van der Waals surface area contributed by atoms with Gasteiger partial charge in [0.2, 0.25) is 5.82 Å². The number of hydrogen-bond acceptors (Lipinski definition) is 4. The number of aryl methyl sites for hydroxylation is 1. The zero-order valence-corrected chi connectivity index (χ0v) is 8.41. The predicted molar refractivity (Wildman–Crippen MR) is 52.4 cm³/mol. The van der Waals surface area contributed by atoms with Crippen LogP contribution in [0, 0.1) is 12.7 Å². The number of carbonyl (C=O) groups excluding carboxylic acids is 1. The summed E-state index contributed by atoms with van der Waals surface area (Å²) in [4.78, 5) is 11.4. The van der Waals surface area contributed by atoms with Crippen LogP contribution in [-0.2, 0) is 0 Å². The summed E-state index contributed by atoms with van der Waals surface area (Å²) in [5.41, 5.74) is 5.29. The number of nitrogens with two attached hydrogens (primary N) is 1. The first-order chi connectivity index (χ1) is 6.86. The van der Waals surface area contributed by atoms with Gasteiger partial charge in [0.15, 0.2) is 17.3 Å². The van der Waals surface area contributed by atoms with Crippen LogP contribution in [0.5, 0.6) is 11.5 Å². The molecule has 0 bridgehead atoms. The normalized spacial score (nSPS) is 12.5. The van der Waals surface area contributed by atoms with Crippen LogP contribution in [-0.4, -0.2) is 22.0 Å². The van der Waals surface area contributed by atoms with Gasteiger partial charge in [-0.1, -0.05) is 0 Å². The highest BCUT2D eigenvalue weighted by molar-refractivity contribution is 6.02. The number of phenols is 2. The zero-order valence-electron chi connectivity index (χ0n) is 8.41. The van der Waals surface area contributed by atoms with Crippen molar-refractivity contribution in [1.29, 1.82) is 0 Å². The number of hydrogen-bond donors (Lipinski definition) is 3. The summed E-state index contributed by atoms with van der Waals surface area (Å²) in [6.45, 7) is 2.86. The summed E-state index contributed by atoms with van der Waals surface area (Å²) < 4.78 is 13.2. The fraction of sp³-hybridized carbons (Fsp3) is 0.300. The number of rotatable bonds is 2. The minimum Gasteiger partial charge on any atom is -0.505 e. The van der Waals surface area contributed by atoms with Gasteiger partial charge >= 0.3 is 0 Å². The van der Waals surface area contributed by atoms with Gasteiger partial charge in [-0.15, -0.1) is 0 Å². The van der Waals surface area contributed by atoms with E-state index in [4.69, 9.17) is 10.8 Å². The number of carbonyl (C=O) groups is 1. The molecule has 1 atom stereocenters. The minimum absolute atomic E-state index is 0.175. The molecular formula is C10H12FNO3. The number of ketones is 1. The van der Waals surface area contributed by atoms with E-state index in [-0.39, 0.29) is 11.1 Å². The third-order valence-electron chi connectivity index (χ3n) is 2.08. The van der Waals surface area contributed by atoms with Gasteiger partial charge < -0.3 is 15.9 Å². The molecule has 0 saturated heterocycles. The Hall–Kier alpha value is -1.62. The van der Waals surface area contributed by atoms with Crippen LogP contribution < -0.4 is 5.73 Å².